The molecule has 2 amide bonds. The minimum atomic E-state index is -0.718. The van der Waals surface area contributed by atoms with Crippen LogP contribution in [0.2, 0.25) is 10.0 Å². The fourth-order valence-corrected chi connectivity index (χ4v) is 5.54. The number of fused-ring (bicyclic) bond motifs is 1. The molecular formula is C31H33Cl2N5O2. The number of aromatic nitrogens is 1. The molecule has 1 saturated heterocycles. The molecule has 0 spiro atoms. The second kappa shape index (κ2) is 12.8. The minimum Gasteiger partial charge on any atom is -0.369 e. The van der Waals surface area contributed by atoms with Crippen LogP contribution in [-0.4, -0.2) is 72.4 Å². The monoisotopic (exact) mass is 577 g/mol. The summed E-state index contributed by atoms with van der Waals surface area (Å²) >= 11 is 12.3. The Bertz CT molecular complexity index is 1470. The molecule has 2 N–H and O–H groups in total. The molecule has 9 heteroatoms. The molecule has 0 bridgehead atoms. The maximum atomic E-state index is 13.7. The van der Waals surface area contributed by atoms with Crippen LogP contribution in [0.5, 0.6) is 0 Å². The number of anilines is 1. The molecule has 1 atom stereocenters. The zero-order valence-corrected chi connectivity index (χ0v) is 24.0. The number of hydrogen-bond acceptors (Lipinski definition) is 4. The number of halogens is 2. The highest BCUT2D eigenvalue weighted by molar-refractivity contribution is 6.42. The quantitative estimate of drug-likeness (QED) is 0.294. The standard InChI is InChI=1S/C31H33Cl2N5O2/c1-36(20-22-11-12-26(32)27(33)17-22)31(40)29(18-23-19-34-28-10-6-5-9-25(23)28)35-30(39)21-37-13-15-38(16-14-37)24-7-3-2-4-8-24/h2-12,17,19,29,34H,13-16,18,20-21H2,1H3,(H,35,39). The fourth-order valence-electron chi connectivity index (χ4n) is 5.22. The molecule has 1 unspecified atom stereocenters. The zero-order valence-electron chi connectivity index (χ0n) is 22.4. The average Bonchev–Trinajstić information content (AvgIpc) is 3.38. The highest BCUT2D eigenvalue weighted by Gasteiger charge is 2.27. The molecule has 3 aromatic carbocycles. The molecule has 4 aromatic rings. The molecule has 40 heavy (non-hydrogen) atoms. The third-order valence-electron chi connectivity index (χ3n) is 7.37. The number of carbonyl (C=O) groups is 2. The Hall–Kier alpha value is -3.52. The van der Waals surface area contributed by atoms with Crippen LogP contribution in [-0.2, 0) is 22.6 Å². The Morgan fingerprint density at radius 2 is 1.68 bits per heavy atom. The Morgan fingerprint density at radius 1 is 0.950 bits per heavy atom. The lowest BCUT2D eigenvalue weighted by Gasteiger charge is -2.36. The van der Waals surface area contributed by atoms with Gasteiger partial charge in [0.2, 0.25) is 11.8 Å². The summed E-state index contributed by atoms with van der Waals surface area (Å²) in [5.74, 6) is -0.326. The first-order chi connectivity index (χ1) is 19.4. The molecule has 5 rings (SSSR count). The van der Waals surface area contributed by atoms with E-state index in [-0.39, 0.29) is 18.4 Å². The van der Waals surface area contributed by atoms with Crippen LogP contribution < -0.4 is 10.2 Å². The van der Waals surface area contributed by atoms with E-state index < -0.39 is 6.04 Å². The molecule has 2 heterocycles. The number of piperazine rings is 1. The SMILES string of the molecule is CN(Cc1ccc(Cl)c(Cl)c1)C(=O)C(Cc1c[nH]c2ccccc12)NC(=O)CN1CCN(c2ccccc2)CC1. The maximum Gasteiger partial charge on any atom is 0.245 e. The summed E-state index contributed by atoms with van der Waals surface area (Å²) in [5.41, 5.74) is 4.03. The number of nitrogens with zero attached hydrogens (tertiary/aromatic N) is 3. The number of aromatic amines is 1. The second-order valence-electron chi connectivity index (χ2n) is 10.2. The van der Waals surface area contributed by atoms with Crippen LogP contribution in [0.4, 0.5) is 5.69 Å². The van der Waals surface area contributed by atoms with Crippen molar-refractivity contribution in [2.24, 2.45) is 0 Å². The van der Waals surface area contributed by atoms with Crippen molar-refractivity contribution < 1.29 is 9.59 Å². The normalized spacial score (nSPS) is 14.7. The Labute approximate surface area is 244 Å². The van der Waals surface area contributed by atoms with Crippen molar-refractivity contribution in [2.75, 3.05) is 44.7 Å². The number of nitrogens with one attached hydrogen (secondary N) is 2. The largest absolute Gasteiger partial charge is 0.369 e. The smallest absolute Gasteiger partial charge is 0.245 e. The number of para-hydroxylation sites is 2. The summed E-state index contributed by atoms with van der Waals surface area (Å²) in [7, 11) is 1.74. The average molecular weight is 579 g/mol. The van der Waals surface area contributed by atoms with Crippen LogP contribution in [0.3, 0.4) is 0 Å². The molecule has 0 aliphatic carbocycles. The molecule has 1 fully saturated rings. The third-order valence-corrected chi connectivity index (χ3v) is 8.11. The third kappa shape index (κ3) is 6.78. The van der Waals surface area contributed by atoms with Gasteiger partial charge in [-0.2, -0.15) is 0 Å². The maximum absolute atomic E-state index is 13.7. The van der Waals surface area contributed by atoms with Gasteiger partial charge in [0.1, 0.15) is 6.04 Å². The van der Waals surface area contributed by atoms with E-state index >= 15 is 0 Å². The van der Waals surface area contributed by atoms with Gasteiger partial charge in [-0.1, -0.05) is 65.7 Å². The van der Waals surface area contributed by atoms with E-state index in [1.807, 2.05) is 54.7 Å². The van der Waals surface area contributed by atoms with Gasteiger partial charge in [0.25, 0.3) is 0 Å². The summed E-state index contributed by atoms with van der Waals surface area (Å²) in [4.78, 5) is 36.3. The first-order valence-electron chi connectivity index (χ1n) is 13.4. The van der Waals surface area contributed by atoms with E-state index in [0.717, 1.165) is 48.2 Å². The molecule has 1 aromatic heterocycles. The van der Waals surface area contributed by atoms with Crippen LogP contribution in [0.1, 0.15) is 11.1 Å². The number of hydrogen-bond donors (Lipinski definition) is 2. The Balaban J connectivity index is 1.26. The lowest BCUT2D eigenvalue weighted by Crippen LogP contribution is -2.53. The van der Waals surface area contributed by atoms with Crippen molar-refractivity contribution >= 4 is 51.6 Å². The van der Waals surface area contributed by atoms with Crippen LogP contribution in [0.15, 0.2) is 79.0 Å². The van der Waals surface area contributed by atoms with Crippen molar-refractivity contribution in [3.05, 3.63) is 100 Å². The number of H-pyrrole nitrogens is 1. The molecule has 1 aliphatic heterocycles. The van der Waals surface area contributed by atoms with E-state index in [1.54, 1.807) is 24.1 Å². The minimum absolute atomic E-state index is 0.158. The summed E-state index contributed by atoms with van der Waals surface area (Å²) in [6.45, 7) is 3.85. The predicted octanol–water partition coefficient (Wildman–Crippen LogP) is 4.98. The first kappa shape index (κ1) is 28.0. The topological polar surface area (TPSA) is 71.7 Å². The second-order valence-corrected chi connectivity index (χ2v) is 11.0. The Morgan fingerprint density at radius 3 is 2.42 bits per heavy atom. The Kier molecular flexibility index (Phi) is 8.94. The van der Waals surface area contributed by atoms with Crippen molar-refractivity contribution in [1.29, 1.82) is 0 Å². The van der Waals surface area contributed by atoms with Gasteiger partial charge in [0.15, 0.2) is 0 Å². The first-order valence-corrected chi connectivity index (χ1v) is 14.2. The van der Waals surface area contributed by atoms with Gasteiger partial charge in [-0.3, -0.25) is 14.5 Å². The summed E-state index contributed by atoms with van der Waals surface area (Å²) in [6, 6.07) is 22.9. The van der Waals surface area contributed by atoms with Gasteiger partial charge in [-0.25, -0.2) is 0 Å². The number of rotatable bonds is 9. The highest BCUT2D eigenvalue weighted by Crippen LogP contribution is 2.24. The van der Waals surface area contributed by atoms with E-state index in [9.17, 15) is 9.59 Å². The molecule has 208 valence electrons. The number of carbonyl (C=O) groups excluding carboxylic acids is 2. The zero-order chi connectivity index (χ0) is 28.1. The van der Waals surface area contributed by atoms with Crippen molar-refractivity contribution in [1.82, 2.24) is 20.1 Å². The highest BCUT2D eigenvalue weighted by atomic mass is 35.5. The van der Waals surface area contributed by atoms with Crippen molar-refractivity contribution in [2.45, 2.75) is 19.0 Å². The van der Waals surface area contributed by atoms with Crippen LogP contribution >= 0.6 is 23.2 Å². The summed E-state index contributed by atoms with van der Waals surface area (Å²) in [5, 5.41) is 5.00. The molecule has 1 aliphatic rings. The van der Waals surface area contributed by atoms with E-state index in [0.29, 0.717) is 23.0 Å². The van der Waals surface area contributed by atoms with Crippen LogP contribution in [0.25, 0.3) is 10.9 Å². The number of amides is 2. The van der Waals surface area contributed by atoms with Crippen molar-refractivity contribution in [3.63, 3.8) is 0 Å². The van der Waals surface area contributed by atoms with E-state index in [4.69, 9.17) is 23.2 Å². The van der Waals surface area contributed by atoms with Gasteiger partial charge in [-0.15, -0.1) is 0 Å². The number of likely N-dealkylation sites (N-methyl/N-ethyl adjacent to an activating group) is 1. The van der Waals surface area contributed by atoms with Gasteiger partial charge in [-0.05, 0) is 41.5 Å². The molecule has 0 radical (unpaired) electrons. The van der Waals surface area contributed by atoms with Crippen molar-refractivity contribution in [3.8, 4) is 0 Å². The molecule has 0 saturated carbocycles. The van der Waals surface area contributed by atoms with E-state index in [1.165, 1.54) is 5.69 Å². The van der Waals surface area contributed by atoms with Gasteiger partial charge in [0, 0.05) is 69.0 Å². The summed E-state index contributed by atoms with van der Waals surface area (Å²) < 4.78 is 0. The fraction of sp³-hybridized carbons (Fsp3) is 0.290. The van der Waals surface area contributed by atoms with Gasteiger partial charge < -0.3 is 20.1 Å². The lowest BCUT2D eigenvalue weighted by atomic mass is 10.0. The van der Waals surface area contributed by atoms with Crippen LogP contribution in [0, 0.1) is 0 Å². The lowest BCUT2D eigenvalue weighted by molar-refractivity contribution is -0.136. The molecular weight excluding hydrogens is 545 g/mol. The summed E-state index contributed by atoms with van der Waals surface area (Å²) in [6.07, 6.45) is 2.29. The predicted molar refractivity (Wildman–Crippen MR) is 162 cm³/mol. The van der Waals surface area contributed by atoms with Gasteiger partial charge in [0.05, 0.1) is 16.6 Å². The molecule has 7 nitrogen and oxygen atoms in total. The number of benzene rings is 3. The van der Waals surface area contributed by atoms with E-state index in [2.05, 4.69) is 32.2 Å². The van der Waals surface area contributed by atoms with Gasteiger partial charge >= 0.3 is 0 Å².